The Kier molecular flexibility index (Phi) is 3.86. The van der Waals surface area contributed by atoms with E-state index in [4.69, 9.17) is 10.8 Å². The van der Waals surface area contributed by atoms with E-state index in [1.807, 2.05) is 0 Å². The third-order valence-electron chi connectivity index (χ3n) is 2.20. The van der Waals surface area contributed by atoms with Gasteiger partial charge in [0, 0.05) is 14.1 Å². The first-order valence-corrected chi connectivity index (χ1v) is 4.86. The van der Waals surface area contributed by atoms with E-state index in [0.29, 0.717) is 5.82 Å². The summed E-state index contributed by atoms with van der Waals surface area (Å²) in [6, 6.07) is 1.33. The van der Waals surface area contributed by atoms with Gasteiger partial charge in [-0.25, -0.2) is 9.78 Å². The van der Waals surface area contributed by atoms with Crippen LogP contribution in [0.15, 0.2) is 12.3 Å². The van der Waals surface area contributed by atoms with E-state index < -0.39 is 5.97 Å². The monoisotopic (exact) mass is 238 g/mol. The molecule has 0 unspecified atom stereocenters. The maximum Gasteiger partial charge on any atom is 0.337 e. The number of nitrogens with one attached hydrogen (secondary N) is 1. The Balaban J connectivity index is 2.95. The Hall–Kier alpha value is -2.31. The van der Waals surface area contributed by atoms with Crippen LogP contribution >= 0.6 is 0 Å². The molecule has 7 nitrogen and oxygen atoms in total. The summed E-state index contributed by atoms with van der Waals surface area (Å²) < 4.78 is 0. The van der Waals surface area contributed by atoms with Gasteiger partial charge in [0.25, 0.3) is 0 Å². The van der Waals surface area contributed by atoms with Crippen LogP contribution in [0.25, 0.3) is 0 Å². The number of rotatable bonds is 4. The predicted octanol–water partition coefficient (Wildman–Crippen LogP) is -0.456. The van der Waals surface area contributed by atoms with Gasteiger partial charge in [-0.2, -0.15) is 0 Å². The van der Waals surface area contributed by atoms with E-state index in [9.17, 15) is 9.59 Å². The molecular formula is C10H14N4O3. The number of pyridine rings is 1. The van der Waals surface area contributed by atoms with Crippen molar-refractivity contribution in [1.29, 1.82) is 0 Å². The number of nitrogens with two attached hydrogens (primary N) is 1. The van der Waals surface area contributed by atoms with Crippen LogP contribution in [0, 0.1) is 0 Å². The maximum absolute atomic E-state index is 11.2. The number of hydrogen-bond acceptors (Lipinski definition) is 5. The van der Waals surface area contributed by atoms with Crippen molar-refractivity contribution in [2.45, 2.75) is 0 Å². The molecule has 1 aromatic rings. The van der Waals surface area contributed by atoms with Crippen LogP contribution in [-0.2, 0) is 4.79 Å². The lowest BCUT2D eigenvalue weighted by Gasteiger charge is -2.17. The van der Waals surface area contributed by atoms with Gasteiger partial charge in [0.1, 0.15) is 5.82 Å². The Morgan fingerprint density at radius 3 is 2.76 bits per heavy atom. The second kappa shape index (κ2) is 5.15. The van der Waals surface area contributed by atoms with Gasteiger partial charge in [-0.15, -0.1) is 0 Å². The van der Waals surface area contributed by atoms with Crippen LogP contribution in [0.3, 0.4) is 0 Å². The van der Waals surface area contributed by atoms with Gasteiger partial charge in [0.15, 0.2) is 0 Å². The van der Waals surface area contributed by atoms with Crippen molar-refractivity contribution < 1.29 is 14.7 Å². The van der Waals surface area contributed by atoms with Crippen molar-refractivity contribution in [3.63, 3.8) is 0 Å². The van der Waals surface area contributed by atoms with E-state index >= 15 is 0 Å². The van der Waals surface area contributed by atoms with Crippen molar-refractivity contribution in [3.8, 4) is 0 Å². The van der Waals surface area contributed by atoms with E-state index in [0.717, 1.165) is 0 Å². The first-order chi connectivity index (χ1) is 7.95. The minimum Gasteiger partial charge on any atom is -0.478 e. The molecule has 0 saturated heterocycles. The summed E-state index contributed by atoms with van der Waals surface area (Å²) in [6.07, 6.45) is 1.26. The molecule has 0 saturated carbocycles. The van der Waals surface area contributed by atoms with Crippen LogP contribution in [0.4, 0.5) is 11.5 Å². The molecule has 0 atom stereocenters. The lowest BCUT2D eigenvalue weighted by atomic mass is 10.2. The van der Waals surface area contributed by atoms with Crippen LogP contribution in [0.2, 0.25) is 0 Å². The molecule has 1 amide bonds. The van der Waals surface area contributed by atoms with Gasteiger partial charge in [-0.1, -0.05) is 0 Å². The number of carbonyl (C=O) groups excluding carboxylic acids is 1. The highest BCUT2D eigenvalue weighted by Crippen LogP contribution is 2.16. The van der Waals surface area contributed by atoms with E-state index in [1.54, 1.807) is 7.05 Å². The fraction of sp³-hybridized carbons (Fsp3) is 0.300. The zero-order valence-electron chi connectivity index (χ0n) is 9.60. The molecule has 0 radical (unpaired) electrons. The quantitative estimate of drug-likeness (QED) is 0.655. The highest BCUT2D eigenvalue weighted by atomic mass is 16.4. The molecule has 1 heterocycles. The number of aromatic carboxylic acids is 1. The summed E-state index contributed by atoms with van der Waals surface area (Å²) in [4.78, 5) is 27.5. The normalized spacial score (nSPS) is 9.76. The zero-order valence-corrected chi connectivity index (χ0v) is 9.60. The molecule has 7 heteroatoms. The minimum atomic E-state index is -1.13. The van der Waals surface area contributed by atoms with E-state index in [-0.39, 0.29) is 23.7 Å². The zero-order chi connectivity index (χ0) is 13.0. The van der Waals surface area contributed by atoms with Crippen molar-refractivity contribution in [3.05, 3.63) is 17.8 Å². The summed E-state index contributed by atoms with van der Waals surface area (Å²) in [5.41, 5.74) is 5.54. The molecule has 0 aliphatic rings. The number of nitrogens with zero attached hydrogens (tertiary/aromatic N) is 2. The number of carboxylic acids is 1. The summed E-state index contributed by atoms with van der Waals surface area (Å²) in [5.74, 6) is -0.942. The molecule has 0 aromatic carbocycles. The van der Waals surface area contributed by atoms with Crippen molar-refractivity contribution >= 4 is 23.4 Å². The second-order valence-electron chi connectivity index (χ2n) is 3.46. The fourth-order valence-corrected chi connectivity index (χ4v) is 1.22. The molecule has 0 fully saturated rings. The van der Waals surface area contributed by atoms with Crippen molar-refractivity contribution in [2.75, 3.05) is 31.3 Å². The SMILES string of the molecule is CNC(=O)CN(C)c1cc(C(=O)O)c(N)cn1. The third-order valence-corrected chi connectivity index (χ3v) is 2.20. The maximum atomic E-state index is 11.2. The van der Waals surface area contributed by atoms with E-state index in [2.05, 4.69) is 10.3 Å². The number of hydrogen-bond donors (Lipinski definition) is 3. The van der Waals surface area contributed by atoms with Crippen LogP contribution in [-0.4, -0.2) is 42.6 Å². The van der Waals surface area contributed by atoms with Gasteiger partial charge in [0.05, 0.1) is 24.0 Å². The Morgan fingerprint density at radius 1 is 1.59 bits per heavy atom. The summed E-state index contributed by atoms with van der Waals surface area (Å²) in [7, 11) is 3.16. The summed E-state index contributed by atoms with van der Waals surface area (Å²) >= 11 is 0. The van der Waals surface area contributed by atoms with Gasteiger partial charge in [-0.05, 0) is 6.07 Å². The van der Waals surface area contributed by atoms with Crippen LogP contribution in [0.1, 0.15) is 10.4 Å². The number of anilines is 2. The van der Waals surface area contributed by atoms with Crippen molar-refractivity contribution in [1.82, 2.24) is 10.3 Å². The van der Waals surface area contributed by atoms with Gasteiger partial charge in [-0.3, -0.25) is 4.79 Å². The number of aromatic nitrogens is 1. The molecule has 0 aliphatic heterocycles. The highest BCUT2D eigenvalue weighted by molar-refractivity contribution is 5.94. The van der Waals surface area contributed by atoms with Gasteiger partial charge < -0.3 is 21.1 Å². The largest absolute Gasteiger partial charge is 0.478 e. The number of carboxylic acid groups (broad SMARTS) is 1. The molecule has 17 heavy (non-hydrogen) atoms. The van der Waals surface area contributed by atoms with Gasteiger partial charge >= 0.3 is 5.97 Å². The number of likely N-dealkylation sites (N-methyl/N-ethyl adjacent to an activating group) is 2. The summed E-state index contributed by atoms with van der Waals surface area (Å²) in [6.45, 7) is 0.0898. The van der Waals surface area contributed by atoms with Crippen molar-refractivity contribution in [2.24, 2.45) is 0 Å². The average Bonchev–Trinajstić information content (AvgIpc) is 2.28. The molecule has 0 bridgehead atoms. The number of amides is 1. The van der Waals surface area contributed by atoms with Crippen LogP contribution in [0.5, 0.6) is 0 Å². The summed E-state index contributed by atoms with van der Waals surface area (Å²) in [5, 5.41) is 11.4. The minimum absolute atomic E-state index is 0.0289. The smallest absolute Gasteiger partial charge is 0.337 e. The van der Waals surface area contributed by atoms with Crippen LogP contribution < -0.4 is 16.0 Å². The standard InChI is InChI=1S/C10H14N4O3/c1-12-9(15)5-14(2)8-3-6(10(16)17)7(11)4-13-8/h3-4H,5,11H2,1-2H3,(H,12,15)(H,16,17). The lowest BCUT2D eigenvalue weighted by Crippen LogP contribution is -2.33. The average molecular weight is 238 g/mol. The Morgan fingerprint density at radius 2 is 2.24 bits per heavy atom. The predicted molar refractivity (Wildman–Crippen MR) is 62.9 cm³/mol. The number of nitrogen functional groups attached to an aromatic ring is 1. The molecule has 1 aromatic heterocycles. The molecular weight excluding hydrogens is 224 g/mol. The third kappa shape index (κ3) is 3.07. The Bertz CT molecular complexity index is 447. The van der Waals surface area contributed by atoms with Gasteiger partial charge in [0.2, 0.25) is 5.91 Å². The fourth-order valence-electron chi connectivity index (χ4n) is 1.22. The Labute approximate surface area is 98.2 Å². The molecule has 0 aliphatic carbocycles. The topological polar surface area (TPSA) is 109 Å². The first-order valence-electron chi connectivity index (χ1n) is 4.86. The number of carbonyl (C=O) groups is 2. The second-order valence-corrected chi connectivity index (χ2v) is 3.46. The van der Waals surface area contributed by atoms with E-state index in [1.165, 1.54) is 24.2 Å². The molecule has 0 spiro atoms. The highest BCUT2D eigenvalue weighted by Gasteiger charge is 2.13. The molecule has 92 valence electrons. The molecule has 1 rings (SSSR count). The first kappa shape index (κ1) is 12.8. The lowest BCUT2D eigenvalue weighted by molar-refractivity contribution is -0.119. The molecule has 4 N–H and O–H groups in total.